The van der Waals surface area contributed by atoms with E-state index in [9.17, 15) is 9.90 Å². The molecule has 1 fully saturated rings. The number of nitrogens with one attached hydrogen (secondary N) is 1. The van der Waals surface area contributed by atoms with Gasteiger partial charge in [0.15, 0.2) is 0 Å². The fourth-order valence-electron chi connectivity index (χ4n) is 2.60. The van der Waals surface area contributed by atoms with Crippen LogP contribution in [0.15, 0.2) is 24.3 Å². The second-order valence-corrected chi connectivity index (χ2v) is 5.86. The van der Waals surface area contributed by atoms with Crippen LogP contribution in [0.4, 0.5) is 10.5 Å². The minimum absolute atomic E-state index is 0.0372. The minimum Gasteiger partial charge on any atom is -0.396 e. The van der Waals surface area contributed by atoms with E-state index in [1.165, 1.54) is 0 Å². The van der Waals surface area contributed by atoms with E-state index in [1.807, 2.05) is 43.3 Å². The highest BCUT2D eigenvalue weighted by Crippen LogP contribution is 2.16. The molecule has 0 radical (unpaired) electrons. The molecule has 21 heavy (non-hydrogen) atoms. The van der Waals surface area contributed by atoms with Crippen LogP contribution in [0.1, 0.15) is 18.4 Å². The number of nitrogens with zero attached hydrogens (tertiary/aromatic N) is 2. The van der Waals surface area contributed by atoms with Crippen LogP contribution in [0.3, 0.4) is 0 Å². The van der Waals surface area contributed by atoms with Gasteiger partial charge in [-0.3, -0.25) is 0 Å². The maximum absolute atomic E-state index is 12.1. The lowest BCUT2D eigenvalue weighted by Crippen LogP contribution is -2.45. The smallest absolute Gasteiger partial charge is 0.317 e. The molecule has 0 saturated carbocycles. The molecule has 2 amide bonds. The van der Waals surface area contributed by atoms with Crippen LogP contribution in [-0.2, 0) is 6.54 Å². The first-order chi connectivity index (χ1) is 10.1. The number of rotatable bonds is 4. The van der Waals surface area contributed by atoms with Crippen LogP contribution in [0.25, 0.3) is 0 Å². The molecular formula is C16H25N3O2. The van der Waals surface area contributed by atoms with E-state index in [-0.39, 0.29) is 18.6 Å². The highest BCUT2D eigenvalue weighted by atomic mass is 16.3. The number of urea groups is 1. The van der Waals surface area contributed by atoms with Crippen LogP contribution in [0, 0.1) is 5.92 Å². The summed E-state index contributed by atoms with van der Waals surface area (Å²) in [6.45, 7) is 2.13. The number of hydrogen-bond acceptors (Lipinski definition) is 3. The molecule has 5 nitrogen and oxygen atoms in total. The van der Waals surface area contributed by atoms with Gasteiger partial charge >= 0.3 is 6.03 Å². The van der Waals surface area contributed by atoms with Crippen LogP contribution in [0.2, 0.25) is 0 Å². The Morgan fingerprint density at radius 2 is 2.10 bits per heavy atom. The molecular weight excluding hydrogens is 266 g/mol. The summed E-state index contributed by atoms with van der Waals surface area (Å²) < 4.78 is 0. The molecule has 1 aromatic carbocycles. The van der Waals surface area contributed by atoms with Gasteiger partial charge in [0.05, 0.1) is 0 Å². The SMILES string of the molecule is CN(C)c1ccc(CNC(=O)N2CCCC(CO)C2)cc1. The summed E-state index contributed by atoms with van der Waals surface area (Å²) in [4.78, 5) is 16.0. The molecule has 2 rings (SSSR count). The van der Waals surface area contributed by atoms with Crippen LogP contribution in [0.5, 0.6) is 0 Å². The van der Waals surface area contributed by atoms with Crippen molar-refractivity contribution in [1.29, 1.82) is 0 Å². The van der Waals surface area contributed by atoms with E-state index in [0.29, 0.717) is 13.1 Å². The van der Waals surface area contributed by atoms with Gasteiger partial charge in [-0.2, -0.15) is 0 Å². The summed E-state index contributed by atoms with van der Waals surface area (Å²) in [5.41, 5.74) is 2.23. The first kappa shape index (κ1) is 15.6. The molecule has 2 N–H and O–H groups in total. The second kappa shape index (κ2) is 7.31. The summed E-state index contributed by atoms with van der Waals surface area (Å²) in [5.74, 6) is 0.226. The van der Waals surface area contributed by atoms with Crippen LogP contribution in [-0.4, -0.2) is 49.8 Å². The van der Waals surface area contributed by atoms with Crippen molar-refractivity contribution < 1.29 is 9.90 Å². The molecule has 116 valence electrons. The van der Waals surface area contributed by atoms with Gasteiger partial charge in [0.1, 0.15) is 0 Å². The zero-order chi connectivity index (χ0) is 15.2. The topological polar surface area (TPSA) is 55.8 Å². The molecule has 5 heteroatoms. The van der Waals surface area contributed by atoms with Crippen LogP contribution >= 0.6 is 0 Å². The lowest BCUT2D eigenvalue weighted by Gasteiger charge is -2.31. The highest BCUT2D eigenvalue weighted by molar-refractivity contribution is 5.74. The maximum Gasteiger partial charge on any atom is 0.317 e. The predicted octanol–water partition coefficient (Wildman–Crippen LogP) is 1.67. The number of anilines is 1. The van der Waals surface area contributed by atoms with E-state index in [1.54, 1.807) is 4.90 Å². The molecule has 1 aromatic rings. The molecule has 1 heterocycles. The monoisotopic (exact) mass is 291 g/mol. The standard InChI is InChI=1S/C16H25N3O2/c1-18(2)15-7-5-13(6-8-15)10-17-16(21)19-9-3-4-14(11-19)12-20/h5-8,14,20H,3-4,9-12H2,1-2H3,(H,17,21). The van der Waals surface area contributed by atoms with Gasteiger partial charge < -0.3 is 20.2 Å². The lowest BCUT2D eigenvalue weighted by atomic mass is 9.99. The van der Waals surface area contributed by atoms with Gasteiger partial charge in [-0.1, -0.05) is 12.1 Å². The summed E-state index contributed by atoms with van der Waals surface area (Å²) in [6, 6.07) is 8.11. The van der Waals surface area contributed by atoms with Crippen molar-refractivity contribution in [2.24, 2.45) is 5.92 Å². The quantitative estimate of drug-likeness (QED) is 0.887. The van der Waals surface area contributed by atoms with Gasteiger partial charge in [0, 0.05) is 46.0 Å². The summed E-state index contributed by atoms with van der Waals surface area (Å²) in [5, 5.41) is 12.2. The molecule has 1 unspecified atom stereocenters. The third-order valence-corrected chi connectivity index (χ3v) is 3.96. The molecule has 0 spiro atoms. The third kappa shape index (κ3) is 4.36. The molecule has 0 bridgehead atoms. The number of piperidine rings is 1. The Hall–Kier alpha value is -1.75. The number of aliphatic hydroxyl groups is 1. The molecule has 1 aliphatic heterocycles. The maximum atomic E-state index is 12.1. The Balaban J connectivity index is 1.83. The van der Waals surface area contributed by atoms with E-state index < -0.39 is 0 Å². The van der Waals surface area contributed by atoms with E-state index in [0.717, 1.165) is 30.6 Å². The Kier molecular flexibility index (Phi) is 5.44. The van der Waals surface area contributed by atoms with Crippen molar-refractivity contribution in [1.82, 2.24) is 10.2 Å². The molecule has 0 aromatic heterocycles. The number of benzene rings is 1. The van der Waals surface area contributed by atoms with E-state index in [4.69, 9.17) is 0 Å². The average Bonchev–Trinajstić information content (AvgIpc) is 2.53. The predicted molar refractivity (Wildman–Crippen MR) is 84.4 cm³/mol. The van der Waals surface area contributed by atoms with Crippen molar-refractivity contribution in [3.8, 4) is 0 Å². The lowest BCUT2D eigenvalue weighted by molar-refractivity contribution is 0.129. The first-order valence-electron chi connectivity index (χ1n) is 7.50. The normalized spacial score (nSPS) is 18.4. The van der Waals surface area contributed by atoms with Gasteiger partial charge in [-0.05, 0) is 36.5 Å². The fourth-order valence-corrected chi connectivity index (χ4v) is 2.60. The summed E-state index contributed by atoms with van der Waals surface area (Å²) in [6.07, 6.45) is 1.97. The zero-order valence-electron chi connectivity index (χ0n) is 12.9. The number of aliphatic hydroxyl groups excluding tert-OH is 1. The summed E-state index contributed by atoms with van der Waals surface area (Å²) >= 11 is 0. The van der Waals surface area contributed by atoms with Crippen LogP contribution < -0.4 is 10.2 Å². The Bertz CT molecular complexity index is 459. The number of carbonyl (C=O) groups is 1. The van der Waals surface area contributed by atoms with Gasteiger partial charge in [0.25, 0.3) is 0 Å². The van der Waals surface area contributed by atoms with E-state index in [2.05, 4.69) is 5.32 Å². The first-order valence-corrected chi connectivity index (χ1v) is 7.50. The highest BCUT2D eigenvalue weighted by Gasteiger charge is 2.22. The van der Waals surface area contributed by atoms with Crippen molar-refractivity contribution in [3.05, 3.63) is 29.8 Å². The van der Waals surface area contributed by atoms with Gasteiger partial charge in [-0.15, -0.1) is 0 Å². The zero-order valence-corrected chi connectivity index (χ0v) is 12.9. The van der Waals surface area contributed by atoms with Gasteiger partial charge in [-0.25, -0.2) is 4.79 Å². The molecule has 1 atom stereocenters. The number of carbonyl (C=O) groups excluding carboxylic acids is 1. The van der Waals surface area contributed by atoms with Gasteiger partial charge in [0.2, 0.25) is 0 Å². The molecule has 1 aliphatic rings. The molecule has 1 saturated heterocycles. The molecule has 0 aliphatic carbocycles. The largest absolute Gasteiger partial charge is 0.396 e. The summed E-state index contributed by atoms with van der Waals surface area (Å²) in [7, 11) is 4.01. The van der Waals surface area contributed by atoms with Crippen molar-refractivity contribution >= 4 is 11.7 Å². The average molecular weight is 291 g/mol. The second-order valence-electron chi connectivity index (χ2n) is 5.86. The fraction of sp³-hybridized carbons (Fsp3) is 0.562. The third-order valence-electron chi connectivity index (χ3n) is 3.96. The van der Waals surface area contributed by atoms with Crippen molar-refractivity contribution in [2.75, 3.05) is 38.7 Å². The Morgan fingerprint density at radius 1 is 1.38 bits per heavy atom. The Labute approximate surface area is 126 Å². The number of likely N-dealkylation sites (tertiary alicyclic amines) is 1. The Morgan fingerprint density at radius 3 is 2.71 bits per heavy atom. The van der Waals surface area contributed by atoms with Crippen molar-refractivity contribution in [2.45, 2.75) is 19.4 Å². The van der Waals surface area contributed by atoms with Crippen molar-refractivity contribution in [3.63, 3.8) is 0 Å². The number of hydrogen-bond donors (Lipinski definition) is 2. The number of amides is 2. The minimum atomic E-state index is -0.0372. The van der Waals surface area contributed by atoms with E-state index >= 15 is 0 Å².